The van der Waals surface area contributed by atoms with Crippen molar-refractivity contribution in [3.63, 3.8) is 0 Å². The zero-order chi connectivity index (χ0) is 21.6. The first-order valence-electron chi connectivity index (χ1n) is 11.2. The summed E-state index contributed by atoms with van der Waals surface area (Å²) in [6.45, 7) is 2.98. The molecule has 164 valence electrons. The Balaban J connectivity index is 1.27. The van der Waals surface area contributed by atoms with Gasteiger partial charge >= 0.3 is 0 Å². The van der Waals surface area contributed by atoms with Crippen molar-refractivity contribution < 1.29 is 4.74 Å². The van der Waals surface area contributed by atoms with Crippen LogP contribution >= 0.6 is 0 Å². The summed E-state index contributed by atoms with van der Waals surface area (Å²) in [6, 6.07) is 19.2. The van der Waals surface area contributed by atoms with Gasteiger partial charge in [-0.2, -0.15) is 4.98 Å². The molecular weight excluding hydrogens is 386 g/mol. The van der Waals surface area contributed by atoms with Crippen LogP contribution in [0.3, 0.4) is 0 Å². The minimum absolute atomic E-state index is 0.147. The number of para-hydroxylation sites is 2. The first kappa shape index (κ1) is 21.4. The lowest BCUT2D eigenvalue weighted by atomic mass is 9.91. The standard InChI is InChI=1S/C25H33N5O/c1-18(31-21-9-5-4-6-10-21)17-26-19-13-15-20(16-14-19)27-25-28-23-12-8-7-11-22(23)24(29-25)30(2)3/h4-12,18-20,26H,13-17H2,1-3H3,(H,27,28,29)/t18?,19-,20+. The van der Waals surface area contributed by atoms with Crippen molar-refractivity contribution >= 4 is 22.7 Å². The Hall–Kier alpha value is -2.86. The number of anilines is 2. The Kier molecular flexibility index (Phi) is 6.87. The molecule has 1 heterocycles. The number of ether oxygens (including phenoxy) is 1. The number of benzene rings is 2. The van der Waals surface area contributed by atoms with Crippen LogP contribution in [-0.2, 0) is 0 Å². The number of nitrogens with zero attached hydrogens (tertiary/aromatic N) is 3. The van der Waals surface area contributed by atoms with Crippen molar-refractivity contribution in [2.75, 3.05) is 30.9 Å². The van der Waals surface area contributed by atoms with Crippen LogP contribution in [0.15, 0.2) is 54.6 Å². The van der Waals surface area contributed by atoms with Crippen LogP contribution in [0.25, 0.3) is 10.9 Å². The van der Waals surface area contributed by atoms with Gasteiger partial charge in [0.2, 0.25) is 5.95 Å². The van der Waals surface area contributed by atoms with E-state index < -0.39 is 0 Å². The molecule has 31 heavy (non-hydrogen) atoms. The monoisotopic (exact) mass is 419 g/mol. The molecule has 0 saturated heterocycles. The van der Waals surface area contributed by atoms with Gasteiger partial charge in [-0.3, -0.25) is 0 Å². The third-order valence-corrected chi connectivity index (χ3v) is 5.84. The first-order valence-corrected chi connectivity index (χ1v) is 11.2. The summed E-state index contributed by atoms with van der Waals surface area (Å²) >= 11 is 0. The van der Waals surface area contributed by atoms with Crippen LogP contribution in [0.2, 0.25) is 0 Å². The molecule has 1 aromatic heterocycles. The normalized spacial score (nSPS) is 19.7. The van der Waals surface area contributed by atoms with E-state index in [9.17, 15) is 0 Å². The Bertz CT molecular complexity index is 970. The Morgan fingerprint density at radius 2 is 1.61 bits per heavy atom. The molecule has 1 atom stereocenters. The topological polar surface area (TPSA) is 62.3 Å². The summed E-state index contributed by atoms with van der Waals surface area (Å²) in [5, 5.41) is 8.35. The first-order chi connectivity index (χ1) is 15.1. The maximum Gasteiger partial charge on any atom is 0.225 e. The largest absolute Gasteiger partial charge is 0.489 e. The van der Waals surface area contributed by atoms with E-state index in [0.717, 1.165) is 60.6 Å². The van der Waals surface area contributed by atoms with Crippen molar-refractivity contribution in [1.82, 2.24) is 15.3 Å². The molecule has 1 aliphatic carbocycles. The number of hydrogen-bond donors (Lipinski definition) is 2. The van der Waals surface area contributed by atoms with E-state index in [1.807, 2.05) is 56.6 Å². The highest BCUT2D eigenvalue weighted by Crippen LogP contribution is 2.26. The molecule has 2 N–H and O–H groups in total. The van der Waals surface area contributed by atoms with Crippen LogP contribution in [0.1, 0.15) is 32.6 Å². The maximum absolute atomic E-state index is 5.98. The van der Waals surface area contributed by atoms with Crippen LogP contribution in [0.4, 0.5) is 11.8 Å². The van der Waals surface area contributed by atoms with Gasteiger partial charge in [0, 0.05) is 38.1 Å². The summed E-state index contributed by atoms with van der Waals surface area (Å²) in [4.78, 5) is 11.6. The van der Waals surface area contributed by atoms with Gasteiger partial charge in [0.1, 0.15) is 17.7 Å². The number of rotatable bonds is 8. The number of aromatic nitrogens is 2. The summed E-state index contributed by atoms with van der Waals surface area (Å²) in [6.07, 6.45) is 4.65. The second kappa shape index (κ2) is 9.96. The van der Waals surface area contributed by atoms with E-state index in [4.69, 9.17) is 14.7 Å². The van der Waals surface area contributed by atoms with E-state index in [1.165, 1.54) is 0 Å². The number of fused-ring (bicyclic) bond motifs is 1. The van der Waals surface area contributed by atoms with Crippen LogP contribution < -0.4 is 20.3 Å². The van der Waals surface area contributed by atoms with Crippen molar-refractivity contribution in [3.8, 4) is 5.75 Å². The van der Waals surface area contributed by atoms with Gasteiger partial charge in [-0.05, 0) is 56.9 Å². The molecule has 0 spiro atoms. The average molecular weight is 420 g/mol. The van der Waals surface area contributed by atoms with Gasteiger partial charge < -0.3 is 20.3 Å². The molecule has 6 nitrogen and oxygen atoms in total. The van der Waals surface area contributed by atoms with Crippen molar-refractivity contribution in [2.24, 2.45) is 0 Å². The van der Waals surface area contributed by atoms with Gasteiger partial charge in [0.15, 0.2) is 0 Å². The predicted molar refractivity (Wildman–Crippen MR) is 128 cm³/mol. The number of nitrogens with one attached hydrogen (secondary N) is 2. The highest BCUT2D eigenvalue weighted by molar-refractivity contribution is 5.90. The van der Waals surface area contributed by atoms with Gasteiger partial charge in [0.25, 0.3) is 0 Å². The smallest absolute Gasteiger partial charge is 0.225 e. The van der Waals surface area contributed by atoms with E-state index in [0.29, 0.717) is 12.1 Å². The van der Waals surface area contributed by atoms with Crippen LogP contribution in [0, 0.1) is 0 Å². The maximum atomic E-state index is 5.98. The quantitative estimate of drug-likeness (QED) is 0.561. The molecule has 4 rings (SSSR count). The summed E-state index contributed by atoms with van der Waals surface area (Å²) in [5.41, 5.74) is 0.978. The van der Waals surface area contributed by atoms with E-state index in [1.54, 1.807) is 0 Å². The lowest BCUT2D eigenvalue weighted by Crippen LogP contribution is -2.41. The molecule has 0 amide bonds. The van der Waals surface area contributed by atoms with E-state index in [2.05, 4.69) is 34.6 Å². The number of hydrogen-bond acceptors (Lipinski definition) is 6. The van der Waals surface area contributed by atoms with Crippen molar-refractivity contribution in [3.05, 3.63) is 54.6 Å². The lowest BCUT2D eigenvalue weighted by molar-refractivity contribution is 0.204. The minimum Gasteiger partial charge on any atom is -0.489 e. The Morgan fingerprint density at radius 1 is 0.935 bits per heavy atom. The summed E-state index contributed by atoms with van der Waals surface area (Å²) < 4.78 is 5.98. The fraction of sp³-hybridized carbons (Fsp3) is 0.440. The van der Waals surface area contributed by atoms with Gasteiger partial charge in [-0.25, -0.2) is 4.98 Å². The van der Waals surface area contributed by atoms with Gasteiger partial charge in [-0.1, -0.05) is 30.3 Å². The van der Waals surface area contributed by atoms with Gasteiger partial charge in [0.05, 0.1) is 5.52 Å². The molecule has 3 aromatic rings. The molecule has 1 saturated carbocycles. The second-order valence-electron chi connectivity index (χ2n) is 8.63. The van der Waals surface area contributed by atoms with Crippen LogP contribution in [-0.4, -0.2) is 48.8 Å². The van der Waals surface area contributed by atoms with E-state index in [-0.39, 0.29) is 6.10 Å². The molecule has 0 bridgehead atoms. The zero-order valence-electron chi connectivity index (χ0n) is 18.7. The van der Waals surface area contributed by atoms with Crippen molar-refractivity contribution in [1.29, 1.82) is 0 Å². The third-order valence-electron chi connectivity index (χ3n) is 5.84. The molecule has 0 radical (unpaired) electrons. The average Bonchev–Trinajstić information content (AvgIpc) is 2.78. The Morgan fingerprint density at radius 3 is 2.35 bits per heavy atom. The molecule has 1 fully saturated rings. The lowest BCUT2D eigenvalue weighted by Gasteiger charge is -2.30. The molecular formula is C25H33N5O. The van der Waals surface area contributed by atoms with Gasteiger partial charge in [-0.15, -0.1) is 0 Å². The van der Waals surface area contributed by atoms with E-state index >= 15 is 0 Å². The predicted octanol–water partition coefficient (Wildman–Crippen LogP) is 4.48. The molecule has 2 aromatic carbocycles. The summed E-state index contributed by atoms with van der Waals surface area (Å²) in [5.74, 6) is 2.61. The fourth-order valence-corrected chi connectivity index (χ4v) is 4.20. The second-order valence-corrected chi connectivity index (χ2v) is 8.63. The third kappa shape index (κ3) is 5.64. The highest BCUT2D eigenvalue weighted by atomic mass is 16.5. The molecule has 1 aliphatic rings. The zero-order valence-corrected chi connectivity index (χ0v) is 18.7. The SMILES string of the molecule is CC(CN[C@H]1CC[C@@H](Nc2nc(N(C)C)c3ccccc3n2)CC1)Oc1ccccc1. The molecule has 1 unspecified atom stereocenters. The Labute approximate surface area is 185 Å². The minimum atomic E-state index is 0.147. The van der Waals surface area contributed by atoms with Crippen LogP contribution in [0.5, 0.6) is 5.75 Å². The molecule has 0 aliphatic heterocycles. The van der Waals surface area contributed by atoms with Crippen molar-refractivity contribution in [2.45, 2.75) is 50.8 Å². The molecule has 6 heteroatoms. The summed E-state index contributed by atoms with van der Waals surface area (Å²) in [7, 11) is 4.05. The fourth-order valence-electron chi connectivity index (χ4n) is 4.20. The highest BCUT2D eigenvalue weighted by Gasteiger charge is 2.22.